The molecule has 0 fully saturated rings. The Morgan fingerprint density at radius 1 is 0.218 bits per heavy atom. The van der Waals surface area contributed by atoms with E-state index < -0.39 is 0 Å². The van der Waals surface area contributed by atoms with Crippen LogP contribution >= 0.6 is 34.8 Å². The first-order chi connectivity index (χ1) is 46.7. The standard InChI is InChI=1S/C47H57ClN2.C27H31Cl2N.C20H27N/c1-32-30-41(49(37-22-14-33(15-23-37)44(2,3)4)38-24-16-34(17-25-38)45(5,6)7)43(48)42(31-32)50(39-26-18-35(19-27-39)46(8,9)10)40-28-20-36(21-29-40)47(11,12)13;1-18-16-23(28)25(29)24(17-18)30(21-12-8-19(9-13-21)26(2,3)4)22-14-10-20(11-15-22)27(5,6)7;1-19(2,3)15-7-11-17(12-8-15)21-18-13-9-16(10-14-18)20(4,5)6/h14-31H,1-13H3;8-17H,1-7H3;7-14,21H,1-6H3. The highest BCUT2D eigenvalue weighted by atomic mass is 35.5. The second-order valence-corrected chi connectivity index (χ2v) is 36.9. The highest BCUT2D eigenvalue weighted by Gasteiger charge is 2.28. The maximum Gasteiger partial charge on any atom is 0.0887 e. The highest BCUT2D eigenvalue weighted by Crippen LogP contribution is 2.49. The average Bonchev–Trinajstić information content (AvgIpc) is 0.766. The summed E-state index contributed by atoms with van der Waals surface area (Å²) in [5.74, 6) is 0. The van der Waals surface area contributed by atoms with Crippen molar-refractivity contribution in [3.8, 4) is 0 Å². The Bertz CT molecular complexity index is 3990. The molecule has 0 saturated heterocycles. The number of aryl methyl sites for hydroxylation is 2. The van der Waals surface area contributed by atoms with Crippen molar-refractivity contribution < 1.29 is 0 Å². The first kappa shape index (κ1) is 79.0. The number of halogens is 3. The van der Waals surface area contributed by atoms with Crippen molar-refractivity contribution in [2.24, 2.45) is 0 Å². The SMILES string of the molecule is CC(C)(C)c1ccc(Nc2ccc(C(C)(C)C)cc2)cc1.Cc1cc(Cl)c(Cl)c(N(c2ccc(C(C)(C)C)cc2)c2ccc(C(C)(C)C)cc2)c1.Cc1cc(N(c2ccc(C(C)(C)C)cc2)c2ccc(C(C)(C)C)cc2)c(Cl)c(N(c2ccc(C(C)(C)C)cc2)c2ccc(C(C)(C)C)cc2)c1. The predicted molar refractivity (Wildman–Crippen MR) is 447 cm³/mol. The van der Waals surface area contributed by atoms with Crippen molar-refractivity contribution in [3.05, 3.63) is 289 Å². The van der Waals surface area contributed by atoms with E-state index in [1.807, 2.05) is 13.0 Å². The molecule has 0 radical (unpaired) electrons. The summed E-state index contributed by atoms with van der Waals surface area (Å²) in [6.07, 6.45) is 0. The summed E-state index contributed by atoms with van der Waals surface area (Å²) >= 11 is 20.8. The van der Waals surface area contributed by atoms with Crippen LogP contribution in [0.15, 0.2) is 218 Å². The zero-order valence-corrected chi connectivity index (χ0v) is 68.0. The average molecular weight is 1410 g/mol. The minimum absolute atomic E-state index is 0.0530. The molecule has 101 heavy (non-hydrogen) atoms. The molecule has 1 N–H and O–H groups in total. The van der Waals surface area contributed by atoms with E-state index in [1.165, 1.54) is 44.5 Å². The highest BCUT2D eigenvalue weighted by molar-refractivity contribution is 6.44. The Balaban J connectivity index is 0.000000214. The van der Waals surface area contributed by atoms with Crippen LogP contribution in [0.3, 0.4) is 0 Å². The third-order valence-corrected chi connectivity index (χ3v) is 20.0. The molecule has 10 aromatic carbocycles. The second-order valence-electron chi connectivity index (χ2n) is 35.8. The van der Waals surface area contributed by atoms with Gasteiger partial charge in [-0.05, 0) is 234 Å². The first-order valence-electron chi connectivity index (χ1n) is 36.0. The number of hydrogen-bond acceptors (Lipinski definition) is 4. The van der Waals surface area contributed by atoms with Gasteiger partial charge in [-0.3, -0.25) is 0 Å². The quantitative estimate of drug-likeness (QED) is 0.139. The van der Waals surface area contributed by atoms with Gasteiger partial charge in [-0.2, -0.15) is 0 Å². The third-order valence-electron chi connectivity index (χ3n) is 18.8. The molecule has 0 aromatic heterocycles. The number of rotatable bonds is 11. The third kappa shape index (κ3) is 20.3. The van der Waals surface area contributed by atoms with E-state index in [4.69, 9.17) is 34.8 Å². The molecule has 0 aliphatic carbocycles. The fourth-order valence-electron chi connectivity index (χ4n) is 12.1. The molecule has 0 atom stereocenters. The molecule has 10 aromatic rings. The van der Waals surface area contributed by atoms with Gasteiger partial charge in [0.2, 0.25) is 0 Å². The van der Waals surface area contributed by atoms with E-state index in [1.54, 1.807) is 0 Å². The van der Waals surface area contributed by atoms with E-state index in [0.717, 1.165) is 73.7 Å². The summed E-state index contributed by atoms with van der Waals surface area (Å²) < 4.78 is 0. The number of benzene rings is 10. The summed E-state index contributed by atoms with van der Waals surface area (Å²) in [7, 11) is 0. The predicted octanol–water partition coefficient (Wildman–Crippen LogP) is 30.2. The molecular weight excluding hydrogens is 1290 g/mol. The lowest BCUT2D eigenvalue weighted by molar-refractivity contribution is 0.590. The lowest BCUT2D eigenvalue weighted by Gasteiger charge is -2.32. The van der Waals surface area contributed by atoms with Gasteiger partial charge >= 0.3 is 0 Å². The molecule has 0 amide bonds. The summed E-state index contributed by atoms with van der Waals surface area (Å²) in [5.41, 5.74) is 24.9. The van der Waals surface area contributed by atoms with Crippen LogP contribution in [-0.4, -0.2) is 0 Å². The zero-order chi connectivity index (χ0) is 74.8. The van der Waals surface area contributed by atoms with Crippen LogP contribution in [0.1, 0.15) is 222 Å². The van der Waals surface area contributed by atoms with Crippen molar-refractivity contribution in [1.82, 2.24) is 0 Å². The largest absolute Gasteiger partial charge is 0.356 e. The Kier molecular flexibility index (Phi) is 24.0. The number of anilines is 11. The Morgan fingerprint density at radius 2 is 0.376 bits per heavy atom. The summed E-state index contributed by atoms with van der Waals surface area (Å²) in [5, 5.41) is 5.27. The summed E-state index contributed by atoms with van der Waals surface area (Å²) in [4.78, 5) is 6.79. The number of nitrogens with zero attached hydrogens (tertiary/aromatic N) is 3. The van der Waals surface area contributed by atoms with Crippen molar-refractivity contribution >= 4 is 97.4 Å². The first-order valence-corrected chi connectivity index (χ1v) is 37.1. The van der Waals surface area contributed by atoms with Gasteiger partial charge in [-0.1, -0.05) is 298 Å². The van der Waals surface area contributed by atoms with Crippen LogP contribution in [-0.2, 0) is 43.3 Å². The minimum Gasteiger partial charge on any atom is -0.356 e. The van der Waals surface area contributed by atoms with Gasteiger partial charge < -0.3 is 20.0 Å². The maximum absolute atomic E-state index is 7.70. The van der Waals surface area contributed by atoms with E-state index in [2.05, 4.69) is 405 Å². The molecule has 532 valence electrons. The molecular formula is C94H115Cl3N4. The van der Waals surface area contributed by atoms with Crippen molar-refractivity contribution in [2.45, 2.75) is 223 Å². The van der Waals surface area contributed by atoms with Gasteiger partial charge in [-0.25, -0.2) is 0 Å². The van der Waals surface area contributed by atoms with Gasteiger partial charge in [0.15, 0.2) is 0 Å². The molecule has 7 heteroatoms. The molecule has 0 aliphatic rings. The minimum atomic E-state index is 0.0530. The maximum atomic E-state index is 7.70. The fourth-order valence-corrected chi connectivity index (χ4v) is 12.9. The molecule has 0 bridgehead atoms. The van der Waals surface area contributed by atoms with E-state index in [0.29, 0.717) is 15.1 Å². The van der Waals surface area contributed by atoms with Crippen LogP contribution in [0.5, 0.6) is 0 Å². The van der Waals surface area contributed by atoms with Crippen molar-refractivity contribution in [3.63, 3.8) is 0 Å². The van der Waals surface area contributed by atoms with E-state index in [-0.39, 0.29) is 43.3 Å². The van der Waals surface area contributed by atoms with Crippen molar-refractivity contribution in [2.75, 3.05) is 20.0 Å². The van der Waals surface area contributed by atoms with Crippen LogP contribution < -0.4 is 20.0 Å². The van der Waals surface area contributed by atoms with Gasteiger partial charge in [-0.15, -0.1) is 0 Å². The monoisotopic (exact) mass is 1400 g/mol. The van der Waals surface area contributed by atoms with Gasteiger partial charge in [0.25, 0.3) is 0 Å². The van der Waals surface area contributed by atoms with Crippen molar-refractivity contribution in [1.29, 1.82) is 0 Å². The van der Waals surface area contributed by atoms with Gasteiger partial charge in [0.1, 0.15) is 0 Å². The number of nitrogens with one attached hydrogen (secondary N) is 1. The molecule has 10 rings (SSSR count). The molecule has 0 spiro atoms. The lowest BCUT2D eigenvalue weighted by atomic mass is 9.86. The Morgan fingerprint density at radius 3 is 0.554 bits per heavy atom. The topological polar surface area (TPSA) is 21.8 Å². The van der Waals surface area contributed by atoms with Crippen LogP contribution in [0.2, 0.25) is 15.1 Å². The summed E-state index contributed by atoms with van der Waals surface area (Å²) in [6.45, 7) is 58.0. The number of hydrogen-bond donors (Lipinski definition) is 1. The summed E-state index contributed by atoms with van der Waals surface area (Å²) in [6, 6.07) is 79.0. The molecule has 0 saturated carbocycles. The second kappa shape index (κ2) is 30.7. The molecule has 0 heterocycles. The molecule has 0 unspecified atom stereocenters. The van der Waals surface area contributed by atoms with E-state index in [9.17, 15) is 0 Å². The normalized spacial score (nSPS) is 12.4. The Labute approximate surface area is 625 Å². The van der Waals surface area contributed by atoms with E-state index >= 15 is 0 Å². The van der Waals surface area contributed by atoms with Gasteiger partial charge in [0, 0.05) is 45.5 Å². The smallest absolute Gasteiger partial charge is 0.0887 e. The lowest BCUT2D eigenvalue weighted by Crippen LogP contribution is -2.17. The fraction of sp³-hybridized carbons (Fsp3) is 0.362. The molecule has 0 aliphatic heterocycles. The van der Waals surface area contributed by atoms with Crippen LogP contribution in [0, 0.1) is 13.8 Å². The molecule has 4 nitrogen and oxygen atoms in total. The van der Waals surface area contributed by atoms with Crippen LogP contribution in [0.25, 0.3) is 0 Å². The zero-order valence-electron chi connectivity index (χ0n) is 65.8. The Hall–Kier alpha value is -7.73. The van der Waals surface area contributed by atoms with Gasteiger partial charge in [0.05, 0.1) is 32.1 Å². The van der Waals surface area contributed by atoms with Crippen LogP contribution in [0.4, 0.5) is 62.6 Å².